The summed E-state index contributed by atoms with van der Waals surface area (Å²) in [5.74, 6) is 0.0565. The van der Waals surface area contributed by atoms with E-state index in [1.165, 1.54) is 173 Å². The molecular weight excluding hydrogens is 528 g/mol. The molecule has 0 fully saturated rings. The molecule has 4 nitrogen and oxygen atoms in total. The monoisotopic (exact) mass is 601 g/mol. The highest BCUT2D eigenvalue weighted by Crippen LogP contribution is 2.18. The highest BCUT2D eigenvalue weighted by Gasteiger charge is 2.11. The van der Waals surface area contributed by atoms with Crippen LogP contribution in [0.5, 0.6) is 0 Å². The molecule has 0 radical (unpaired) electrons. The molecule has 0 aromatic carbocycles. The Balaban J connectivity index is 3.73. The molecule has 1 atom stereocenters. The summed E-state index contributed by atoms with van der Waals surface area (Å²) in [4.78, 5) is 0. The average molecular weight is 601 g/mol. The van der Waals surface area contributed by atoms with Crippen molar-refractivity contribution in [2.24, 2.45) is 5.92 Å². The predicted molar refractivity (Wildman–Crippen MR) is 180 cm³/mol. The van der Waals surface area contributed by atoms with Gasteiger partial charge in [0, 0.05) is 5.92 Å². The lowest BCUT2D eigenvalue weighted by atomic mass is 9.99. The van der Waals surface area contributed by atoms with Gasteiger partial charge in [-0.2, -0.15) is 8.42 Å². The highest BCUT2D eigenvalue weighted by atomic mass is 32.3. The van der Waals surface area contributed by atoms with Crippen LogP contribution in [0.2, 0.25) is 0 Å². The van der Waals surface area contributed by atoms with Crippen molar-refractivity contribution in [2.75, 3.05) is 6.61 Å². The molecule has 1 N–H and O–H groups in total. The Labute approximate surface area is 258 Å². The van der Waals surface area contributed by atoms with Crippen molar-refractivity contribution < 1.29 is 17.2 Å². The first kappa shape index (κ1) is 40.6. The van der Waals surface area contributed by atoms with Crippen LogP contribution in [0.4, 0.5) is 0 Å². The van der Waals surface area contributed by atoms with Crippen LogP contribution in [0.25, 0.3) is 0 Å². The first-order valence-corrected chi connectivity index (χ1v) is 19.6. The van der Waals surface area contributed by atoms with Gasteiger partial charge >= 0.3 is 10.4 Å². The van der Waals surface area contributed by atoms with E-state index >= 15 is 0 Å². The van der Waals surface area contributed by atoms with Gasteiger partial charge in [0.05, 0.1) is 6.61 Å². The largest absolute Gasteiger partial charge is 0.397 e. The quantitative estimate of drug-likeness (QED) is 0.0453. The molecule has 0 aromatic rings. The maximum atomic E-state index is 11.1. The second-order valence-electron chi connectivity index (χ2n) is 12.7. The topological polar surface area (TPSA) is 63.6 Å². The standard InChI is InChI=1S/C36H72O4S/c1-3-5-7-9-11-13-15-17-18-19-20-22-24-26-28-30-32-34-36(35-40-41(37,38)39)33-31-29-27-25-23-21-16-14-12-10-8-6-4-2/h31,33,36H,3-30,32,34-35H2,1-2H3,(H,37,38,39)/b33-31+. The Morgan fingerprint density at radius 1 is 0.512 bits per heavy atom. The van der Waals surface area contributed by atoms with E-state index < -0.39 is 10.4 Å². The van der Waals surface area contributed by atoms with Gasteiger partial charge in [0.25, 0.3) is 0 Å². The molecule has 246 valence electrons. The van der Waals surface area contributed by atoms with E-state index in [0.29, 0.717) is 0 Å². The highest BCUT2D eigenvalue weighted by molar-refractivity contribution is 7.80. The molecule has 0 aromatic heterocycles. The summed E-state index contributed by atoms with van der Waals surface area (Å²) in [6.45, 7) is 4.60. The molecule has 41 heavy (non-hydrogen) atoms. The molecule has 0 saturated carbocycles. The summed E-state index contributed by atoms with van der Waals surface area (Å²) in [7, 11) is -4.37. The minimum atomic E-state index is -4.37. The number of unbranched alkanes of at least 4 members (excludes halogenated alkanes) is 27. The zero-order valence-electron chi connectivity index (χ0n) is 27.7. The van der Waals surface area contributed by atoms with E-state index in [2.05, 4.69) is 26.0 Å². The third-order valence-electron chi connectivity index (χ3n) is 8.49. The summed E-state index contributed by atoms with van der Waals surface area (Å²) in [6, 6.07) is 0. The fourth-order valence-electron chi connectivity index (χ4n) is 5.75. The van der Waals surface area contributed by atoms with Crippen LogP contribution < -0.4 is 0 Å². The maximum Gasteiger partial charge on any atom is 0.397 e. The summed E-state index contributed by atoms with van der Waals surface area (Å²) >= 11 is 0. The molecule has 0 aliphatic heterocycles. The molecular formula is C36H72O4S. The average Bonchev–Trinajstić information content (AvgIpc) is 2.94. The minimum absolute atomic E-state index is 0.0481. The van der Waals surface area contributed by atoms with E-state index in [1.807, 2.05) is 0 Å². The van der Waals surface area contributed by atoms with Crippen molar-refractivity contribution in [3.63, 3.8) is 0 Å². The van der Waals surface area contributed by atoms with Gasteiger partial charge in [-0.05, 0) is 19.3 Å². The van der Waals surface area contributed by atoms with E-state index in [-0.39, 0.29) is 12.5 Å². The third-order valence-corrected chi connectivity index (χ3v) is 8.93. The Bertz CT molecular complexity index is 631. The number of hydrogen-bond donors (Lipinski definition) is 1. The van der Waals surface area contributed by atoms with Gasteiger partial charge in [-0.3, -0.25) is 4.55 Å². The minimum Gasteiger partial charge on any atom is -0.264 e. The fourth-order valence-corrected chi connectivity index (χ4v) is 6.10. The van der Waals surface area contributed by atoms with Crippen LogP contribution in [0.15, 0.2) is 12.2 Å². The first-order valence-electron chi connectivity index (χ1n) is 18.3. The van der Waals surface area contributed by atoms with Crippen LogP contribution in [0.3, 0.4) is 0 Å². The number of allylic oxidation sites excluding steroid dienone is 1. The van der Waals surface area contributed by atoms with Gasteiger partial charge in [0.15, 0.2) is 0 Å². The van der Waals surface area contributed by atoms with Crippen molar-refractivity contribution in [1.82, 2.24) is 0 Å². The summed E-state index contributed by atoms with van der Waals surface area (Å²) in [6.07, 6.45) is 44.1. The van der Waals surface area contributed by atoms with Gasteiger partial charge < -0.3 is 0 Å². The Morgan fingerprint density at radius 2 is 0.829 bits per heavy atom. The Hall–Kier alpha value is -0.390. The van der Waals surface area contributed by atoms with Gasteiger partial charge in [0.1, 0.15) is 0 Å². The van der Waals surface area contributed by atoms with Crippen molar-refractivity contribution in [2.45, 2.75) is 206 Å². The van der Waals surface area contributed by atoms with Crippen molar-refractivity contribution in [3.8, 4) is 0 Å². The van der Waals surface area contributed by atoms with Crippen molar-refractivity contribution in [1.29, 1.82) is 0 Å². The molecule has 5 heteroatoms. The predicted octanol–water partition coefficient (Wildman–Crippen LogP) is 12.7. The summed E-state index contributed by atoms with van der Waals surface area (Å²) < 4.78 is 35.8. The molecule has 0 bridgehead atoms. The van der Waals surface area contributed by atoms with E-state index in [9.17, 15) is 8.42 Å². The first-order chi connectivity index (χ1) is 20.0. The molecule has 1 unspecified atom stereocenters. The molecule has 0 heterocycles. The normalized spacial score (nSPS) is 13.0. The van der Waals surface area contributed by atoms with Crippen LogP contribution in [0, 0.1) is 5.92 Å². The van der Waals surface area contributed by atoms with Crippen LogP contribution in [-0.4, -0.2) is 19.6 Å². The lowest BCUT2D eigenvalue weighted by molar-refractivity contribution is 0.234. The second kappa shape index (κ2) is 32.5. The second-order valence-corrected chi connectivity index (χ2v) is 13.8. The smallest absolute Gasteiger partial charge is 0.264 e. The zero-order valence-corrected chi connectivity index (χ0v) is 28.5. The lowest BCUT2D eigenvalue weighted by Crippen LogP contribution is -2.12. The summed E-state index contributed by atoms with van der Waals surface area (Å²) in [5, 5.41) is 0. The van der Waals surface area contributed by atoms with E-state index in [0.717, 1.165) is 19.3 Å². The van der Waals surface area contributed by atoms with E-state index in [1.54, 1.807) is 0 Å². The zero-order chi connectivity index (χ0) is 30.1. The Kier molecular flexibility index (Phi) is 32.2. The molecule has 0 aliphatic carbocycles. The maximum absolute atomic E-state index is 11.1. The van der Waals surface area contributed by atoms with Crippen LogP contribution in [-0.2, 0) is 14.6 Å². The van der Waals surface area contributed by atoms with Crippen molar-refractivity contribution >= 4 is 10.4 Å². The van der Waals surface area contributed by atoms with Crippen LogP contribution in [0.1, 0.15) is 206 Å². The van der Waals surface area contributed by atoms with Crippen LogP contribution >= 0.6 is 0 Å². The number of hydrogen-bond acceptors (Lipinski definition) is 3. The summed E-state index contributed by atoms with van der Waals surface area (Å²) in [5.41, 5.74) is 0. The van der Waals surface area contributed by atoms with Gasteiger partial charge in [-0.1, -0.05) is 199 Å². The lowest BCUT2D eigenvalue weighted by Gasteiger charge is -2.12. The number of rotatable bonds is 34. The van der Waals surface area contributed by atoms with E-state index in [4.69, 9.17) is 8.74 Å². The van der Waals surface area contributed by atoms with Crippen molar-refractivity contribution in [3.05, 3.63) is 12.2 Å². The third kappa shape index (κ3) is 35.7. The van der Waals surface area contributed by atoms with Gasteiger partial charge in [0.2, 0.25) is 0 Å². The van der Waals surface area contributed by atoms with Gasteiger partial charge in [-0.15, -0.1) is 0 Å². The molecule has 0 rings (SSSR count). The SMILES string of the molecule is CCCCCCCCCCCCC/C=C/C(CCCCCCCCCCCCCCCCCCC)COS(=O)(=O)O. The molecule has 0 saturated heterocycles. The molecule has 0 aliphatic rings. The fraction of sp³-hybridized carbons (Fsp3) is 0.944. The van der Waals surface area contributed by atoms with Gasteiger partial charge in [-0.25, -0.2) is 4.18 Å². The molecule has 0 amide bonds. The molecule has 0 spiro atoms. The Morgan fingerprint density at radius 3 is 1.17 bits per heavy atom.